The van der Waals surface area contributed by atoms with Gasteiger partial charge in [0.15, 0.2) is 5.78 Å². The third-order valence-corrected chi connectivity index (χ3v) is 2.56. The Morgan fingerprint density at radius 3 is 2.35 bits per heavy atom. The fraction of sp³-hybridized carbons (Fsp3) is 0.562. The number of hydrogen-bond acceptors (Lipinski definition) is 1. The van der Waals surface area contributed by atoms with Gasteiger partial charge < -0.3 is 0 Å². The van der Waals surface area contributed by atoms with Crippen LogP contribution < -0.4 is 0 Å². The molecule has 0 bridgehead atoms. The van der Waals surface area contributed by atoms with Gasteiger partial charge in [-0.1, -0.05) is 30.7 Å². The molecule has 1 atom stereocenters. The maximum absolute atomic E-state index is 10.8. The second-order valence-electron chi connectivity index (χ2n) is 5.10. The van der Waals surface area contributed by atoms with E-state index in [0.29, 0.717) is 5.92 Å². The molecule has 0 rings (SSSR count). The molecule has 0 saturated carbocycles. The summed E-state index contributed by atoms with van der Waals surface area (Å²) < 4.78 is 0. The molecule has 0 aliphatic rings. The summed E-state index contributed by atoms with van der Waals surface area (Å²) in [5.41, 5.74) is 2.43. The van der Waals surface area contributed by atoms with Gasteiger partial charge in [-0.15, -0.1) is 0 Å². The van der Waals surface area contributed by atoms with Gasteiger partial charge in [-0.05, 0) is 64.5 Å². The Hall–Kier alpha value is -1.11. The van der Waals surface area contributed by atoms with E-state index in [4.69, 9.17) is 0 Å². The number of carbonyl (C=O) groups excluding carboxylic acids is 1. The second-order valence-corrected chi connectivity index (χ2v) is 5.10. The maximum atomic E-state index is 10.8. The Bertz CT molecular complexity index is 314. The summed E-state index contributed by atoms with van der Waals surface area (Å²) >= 11 is 0. The molecular formula is C16H26O. The first-order valence-corrected chi connectivity index (χ1v) is 6.40. The molecule has 0 fully saturated rings. The van der Waals surface area contributed by atoms with E-state index in [-0.39, 0.29) is 5.78 Å². The highest BCUT2D eigenvalue weighted by Gasteiger charge is 1.97. The van der Waals surface area contributed by atoms with Crippen molar-refractivity contribution in [2.45, 2.75) is 53.9 Å². The molecule has 1 unspecified atom stereocenters. The summed E-state index contributed by atoms with van der Waals surface area (Å²) in [6.45, 7) is 10.1. The van der Waals surface area contributed by atoms with E-state index in [0.717, 1.165) is 12.0 Å². The van der Waals surface area contributed by atoms with Gasteiger partial charge in [-0.2, -0.15) is 0 Å². The zero-order valence-electron chi connectivity index (χ0n) is 11.9. The molecule has 0 radical (unpaired) electrons. The van der Waals surface area contributed by atoms with Crippen LogP contribution in [-0.2, 0) is 4.79 Å². The van der Waals surface area contributed by atoms with Crippen molar-refractivity contribution < 1.29 is 4.79 Å². The van der Waals surface area contributed by atoms with Gasteiger partial charge in [0.05, 0.1) is 0 Å². The minimum atomic E-state index is 0.115. The summed E-state index contributed by atoms with van der Waals surface area (Å²) in [7, 11) is 0. The van der Waals surface area contributed by atoms with Crippen molar-refractivity contribution >= 4 is 5.78 Å². The molecule has 0 spiro atoms. The lowest BCUT2D eigenvalue weighted by molar-refractivity contribution is -0.112. The minimum Gasteiger partial charge on any atom is -0.295 e. The van der Waals surface area contributed by atoms with Crippen molar-refractivity contribution in [2.24, 2.45) is 5.92 Å². The lowest BCUT2D eigenvalue weighted by atomic mass is 10.0. The lowest BCUT2D eigenvalue weighted by Gasteiger charge is -2.06. The van der Waals surface area contributed by atoms with Crippen LogP contribution in [0.25, 0.3) is 0 Å². The van der Waals surface area contributed by atoms with Crippen LogP contribution in [0.15, 0.2) is 35.5 Å². The van der Waals surface area contributed by atoms with Gasteiger partial charge in [0.25, 0.3) is 0 Å². The van der Waals surface area contributed by atoms with E-state index < -0.39 is 0 Å². The van der Waals surface area contributed by atoms with Crippen molar-refractivity contribution in [3.8, 4) is 0 Å². The second kappa shape index (κ2) is 8.98. The highest BCUT2D eigenvalue weighted by molar-refractivity contribution is 5.88. The molecular weight excluding hydrogens is 208 g/mol. The molecule has 0 amide bonds. The zero-order chi connectivity index (χ0) is 13.3. The van der Waals surface area contributed by atoms with E-state index in [9.17, 15) is 4.79 Å². The minimum absolute atomic E-state index is 0.115. The summed E-state index contributed by atoms with van der Waals surface area (Å²) in [4.78, 5) is 10.8. The molecule has 0 aromatic rings. The van der Waals surface area contributed by atoms with E-state index in [1.807, 2.05) is 13.0 Å². The number of carbonyl (C=O) groups is 1. The Morgan fingerprint density at radius 2 is 1.82 bits per heavy atom. The third kappa shape index (κ3) is 11.2. The topological polar surface area (TPSA) is 17.1 Å². The van der Waals surface area contributed by atoms with Crippen LogP contribution in [0.3, 0.4) is 0 Å². The van der Waals surface area contributed by atoms with Crippen LogP contribution in [-0.4, -0.2) is 5.78 Å². The molecule has 0 heterocycles. The molecule has 0 N–H and O–H groups in total. The third-order valence-electron chi connectivity index (χ3n) is 2.56. The van der Waals surface area contributed by atoms with Crippen LogP contribution in [0.4, 0.5) is 0 Å². The smallest absolute Gasteiger partial charge is 0.152 e. The normalized spacial score (nSPS) is 13.8. The quantitative estimate of drug-likeness (QED) is 0.349. The summed E-state index contributed by atoms with van der Waals surface area (Å²) in [5.74, 6) is 0.815. The van der Waals surface area contributed by atoms with E-state index in [1.165, 1.54) is 18.4 Å². The van der Waals surface area contributed by atoms with Crippen molar-refractivity contribution in [1.29, 1.82) is 0 Å². The molecule has 17 heavy (non-hydrogen) atoms. The monoisotopic (exact) mass is 234 g/mol. The van der Waals surface area contributed by atoms with E-state index in [1.54, 1.807) is 13.0 Å². The summed E-state index contributed by atoms with van der Waals surface area (Å²) in [6.07, 6.45) is 11.6. The average molecular weight is 234 g/mol. The number of rotatable bonds is 7. The van der Waals surface area contributed by atoms with Gasteiger partial charge in [0, 0.05) is 0 Å². The van der Waals surface area contributed by atoms with Crippen LogP contribution >= 0.6 is 0 Å². The fourth-order valence-corrected chi connectivity index (χ4v) is 1.63. The number of hydrogen-bond donors (Lipinski definition) is 0. The van der Waals surface area contributed by atoms with Gasteiger partial charge in [0.1, 0.15) is 0 Å². The van der Waals surface area contributed by atoms with Crippen molar-refractivity contribution in [2.75, 3.05) is 0 Å². The predicted octanol–water partition coefficient (Wildman–Crippen LogP) is 4.85. The van der Waals surface area contributed by atoms with Crippen molar-refractivity contribution in [3.05, 3.63) is 35.5 Å². The van der Waals surface area contributed by atoms with Crippen molar-refractivity contribution in [3.63, 3.8) is 0 Å². The molecule has 0 aliphatic carbocycles. The molecule has 1 nitrogen and oxygen atoms in total. The Balaban J connectivity index is 3.91. The molecule has 1 heteroatoms. The first-order valence-electron chi connectivity index (χ1n) is 6.40. The molecule has 0 aromatic carbocycles. The van der Waals surface area contributed by atoms with Crippen LogP contribution in [0.1, 0.15) is 53.9 Å². The van der Waals surface area contributed by atoms with Crippen LogP contribution in [0.5, 0.6) is 0 Å². The van der Waals surface area contributed by atoms with Crippen LogP contribution in [0, 0.1) is 5.92 Å². The van der Waals surface area contributed by atoms with Gasteiger partial charge >= 0.3 is 0 Å². The summed E-state index contributed by atoms with van der Waals surface area (Å²) in [5, 5.41) is 0. The predicted molar refractivity (Wildman–Crippen MR) is 76.0 cm³/mol. The van der Waals surface area contributed by atoms with E-state index in [2.05, 4.69) is 32.9 Å². The fourth-order valence-electron chi connectivity index (χ4n) is 1.63. The average Bonchev–Trinajstić information content (AvgIpc) is 2.15. The van der Waals surface area contributed by atoms with Gasteiger partial charge in [-0.25, -0.2) is 0 Å². The Labute approximate surface area is 106 Å². The molecule has 0 aromatic heterocycles. The van der Waals surface area contributed by atoms with E-state index >= 15 is 0 Å². The standard InChI is InChI=1S/C16H26O/c1-13(2)8-6-9-14(3)10-7-11-15(4)12-16(5)17/h7-8,11-12,14H,6,9-10H2,1-5H3. The molecule has 96 valence electrons. The Kier molecular flexibility index (Phi) is 8.39. The first-order chi connectivity index (χ1) is 7.91. The lowest BCUT2D eigenvalue weighted by Crippen LogP contribution is -1.91. The number of allylic oxidation sites excluding steroid dienone is 6. The Morgan fingerprint density at radius 1 is 1.18 bits per heavy atom. The summed E-state index contributed by atoms with van der Waals surface area (Å²) in [6, 6.07) is 0. The molecule has 0 saturated heterocycles. The largest absolute Gasteiger partial charge is 0.295 e. The van der Waals surface area contributed by atoms with Gasteiger partial charge in [-0.3, -0.25) is 4.79 Å². The zero-order valence-corrected chi connectivity index (χ0v) is 11.9. The number of ketones is 1. The first kappa shape index (κ1) is 15.9. The highest BCUT2D eigenvalue weighted by atomic mass is 16.1. The molecule has 0 aliphatic heterocycles. The SMILES string of the molecule is CC(=O)C=C(C)C=CCC(C)CCC=C(C)C. The van der Waals surface area contributed by atoms with Crippen molar-refractivity contribution in [1.82, 2.24) is 0 Å². The highest BCUT2D eigenvalue weighted by Crippen LogP contribution is 2.13. The van der Waals surface area contributed by atoms with Crippen LogP contribution in [0.2, 0.25) is 0 Å². The van der Waals surface area contributed by atoms with Gasteiger partial charge in [0.2, 0.25) is 0 Å². The maximum Gasteiger partial charge on any atom is 0.152 e.